The topological polar surface area (TPSA) is 61.9 Å². The molecule has 0 radical (unpaired) electrons. The Bertz CT molecular complexity index is 1170. The highest BCUT2D eigenvalue weighted by atomic mass is 16.5. The number of aryl methyl sites for hydroxylation is 1. The third kappa shape index (κ3) is 3.80. The van der Waals surface area contributed by atoms with Gasteiger partial charge in [0.1, 0.15) is 5.78 Å². The van der Waals surface area contributed by atoms with E-state index in [4.69, 9.17) is 4.74 Å². The molecule has 0 aromatic heterocycles. The summed E-state index contributed by atoms with van der Waals surface area (Å²) < 4.78 is 6.43. The fourth-order valence-corrected chi connectivity index (χ4v) is 10.8. The highest BCUT2D eigenvalue weighted by molar-refractivity contribution is 5.90. The van der Waals surface area contributed by atoms with E-state index in [-0.39, 0.29) is 17.2 Å². The largest absolute Gasteiger partial charge is 0.380 e. The number of rotatable bonds is 4. The third-order valence-corrected chi connectivity index (χ3v) is 12.6. The minimum absolute atomic E-state index is 0.158. The molecule has 6 aliphatic rings. The molecule has 1 amide bonds. The van der Waals surface area contributed by atoms with Crippen molar-refractivity contribution in [1.82, 2.24) is 10.2 Å². The number of amides is 1. The molecule has 4 aliphatic heterocycles. The first-order valence-electron chi connectivity index (χ1n) is 16.4. The maximum absolute atomic E-state index is 14.0. The second-order valence-electron chi connectivity index (χ2n) is 14.2. The third-order valence-electron chi connectivity index (χ3n) is 12.6. The van der Waals surface area contributed by atoms with Crippen LogP contribution in [0.5, 0.6) is 0 Å². The van der Waals surface area contributed by atoms with Gasteiger partial charge in [0, 0.05) is 61.3 Å². The minimum atomic E-state index is -0.500. The number of likely N-dealkylation sites (tertiary alicyclic amines) is 1. The van der Waals surface area contributed by atoms with E-state index in [9.17, 15) is 9.59 Å². The van der Waals surface area contributed by atoms with Crippen LogP contribution in [0.1, 0.15) is 95.1 Å². The van der Waals surface area contributed by atoms with Crippen LogP contribution in [0.15, 0.2) is 18.2 Å². The number of benzene rings is 1. The van der Waals surface area contributed by atoms with Gasteiger partial charge in [-0.25, -0.2) is 0 Å². The van der Waals surface area contributed by atoms with Gasteiger partial charge in [-0.3, -0.25) is 14.5 Å². The van der Waals surface area contributed by atoms with Crippen LogP contribution in [0, 0.1) is 23.7 Å². The van der Waals surface area contributed by atoms with Gasteiger partial charge in [0.15, 0.2) is 0 Å². The normalized spacial score (nSPS) is 40.5. The van der Waals surface area contributed by atoms with Gasteiger partial charge in [0.05, 0.1) is 12.0 Å². The molecule has 2 aliphatic carbocycles. The number of carbonyl (C=O) groups excluding carboxylic acids is 2. The van der Waals surface area contributed by atoms with Crippen molar-refractivity contribution in [2.24, 2.45) is 16.7 Å². The zero-order valence-electron chi connectivity index (χ0n) is 24.8. The zero-order valence-corrected chi connectivity index (χ0v) is 24.8. The van der Waals surface area contributed by atoms with Crippen molar-refractivity contribution in [3.8, 4) is 0 Å². The number of ketones is 1. The van der Waals surface area contributed by atoms with Crippen LogP contribution < -0.4 is 10.2 Å². The molecule has 6 atom stereocenters. The monoisotopic (exact) mass is 547 g/mol. The molecule has 2 saturated carbocycles. The minimum Gasteiger partial charge on any atom is -0.380 e. The fourth-order valence-electron chi connectivity index (χ4n) is 10.8. The molecule has 7 rings (SSSR count). The van der Waals surface area contributed by atoms with Crippen LogP contribution >= 0.6 is 0 Å². The Morgan fingerprint density at radius 3 is 2.58 bits per heavy atom. The summed E-state index contributed by atoms with van der Waals surface area (Å²) in [5.41, 5.74) is 2.60. The van der Waals surface area contributed by atoms with E-state index in [0.717, 1.165) is 71.0 Å². The Balaban J connectivity index is 1.30. The number of hydrogen-bond donors (Lipinski definition) is 1. The molecule has 1 aromatic rings. The Morgan fingerprint density at radius 2 is 1.85 bits per heavy atom. The lowest BCUT2D eigenvalue weighted by Crippen LogP contribution is -2.64. The summed E-state index contributed by atoms with van der Waals surface area (Å²) >= 11 is 0. The second kappa shape index (κ2) is 10.1. The summed E-state index contributed by atoms with van der Waals surface area (Å²) in [6, 6.07) is 8.45. The van der Waals surface area contributed by atoms with Crippen LogP contribution in [0.25, 0.3) is 0 Å². The number of anilines is 1. The van der Waals surface area contributed by atoms with Crippen molar-refractivity contribution in [2.75, 3.05) is 44.3 Å². The van der Waals surface area contributed by atoms with Crippen molar-refractivity contribution >= 4 is 17.4 Å². The first-order chi connectivity index (χ1) is 19.4. The highest BCUT2D eigenvalue weighted by Crippen LogP contribution is 2.65. The summed E-state index contributed by atoms with van der Waals surface area (Å²) in [7, 11) is 0. The number of Topliss-reactive ketones (excluding diaryl/α,β-unsaturated/α-hetero) is 1. The number of ether oxygens (including phenoxy) is 1. The van der Waals surface area contributed by atoms with Crippen molar-refractivity contribution in [2.45, 2.75) is 108 Å². The molecule has 6 nitrogen and oxygen atoms in total. The van der Waals surface area contributed by atoms with E-state index in [2.05, 4.69) is 47.2 Å². The van der Waals surface area contributed by atoms with E-state index in [0.29, 0.717) is 37.5 Å². The molecule has 40 heavy (non-hydrogen) atoms. The quantitative estimate of drug-likeness (QED) is 0.565. The molecule has 2 spiro atoms. The number of carbonyl (C=O) groups is 2. The average Bonchev–Trinajstić information content (AvgIpc) is 3.75. The highest BCUT2D eigenvalue weighted by Gasteiger charge is 2.68. The zero-order chi connectivity index (χ0) is 27.5. The Kier molecular flexibility index (Phi) is 6.81. The summed E-state index contributed by atoms with van der Waals surface area (Å²) in [4.78, 5) is 33.1. The SMILES string of the molecule is Cc1cc(N2CC[C@@H](N3CCC[C@@H]3C)C2)ccc1C1(C2CCCCC23CCCC3=O)COCCC12CCNC2=O. The molecule has 6 heteroatoms. The Morgan fingerprint density at radius 1 is 0.975 bits per heavy atom. The van der Waals surface area contributed by atoms with Gasteiger partial charge in [-0.2, -0.15) is 0 Å². The van der Waals surface area contributed by atoms with Gasteiger partial charge in [-0.1, -0.05) is 18.9 Å². The smallest absolute Gasteiger partial charge is 0.227 e. The lowest BCUT2D eigenvalue weighted by Gasteiger charge is -2.60. The first-order valence-corrected chi connectivity index (χ1v) is 16.4. The van der Waals surface area contributed by atoms with Crippen LogP contribution in [0.4, 0.5) is 5.69 Å². The standard InChI is InChI=1S/C34H49N3O3/c1-24-21-26(36-19-12-27(22-36)37-18-6-7-25(37)2)10-11-28(24)34(23-40-20-16-33(34)15-17-35-31(33)39)29-8-3-4-13-32(29)14-5-9-30(32)38/h10-11,21,25,27,29H,3-9,12-20,22-23H2,1-2H3,(H,35,39)/t25-,27+,29?,32?,33?,34?/m0/s1. The molecule has 1 N–H and O–H groups in total. The Hall–Kier alpha value is -1.92. The molecule has 0 bridgehead atoms. The Labute approximate surface area is 240 Å². The summed E-state index contributed by atoms with van der Waals surface area (Å²) in [6.07, 6.45) is 12.4. The van der Waals surface area contributed by atoms with E-state index in [1.165, 1.54) is 42.6 Å². The lowest BCUT2D eigenvalue weighted by atomic mass is 9.43. The number of nitrogens with one attached hydrogen (secondary N) is 1. The number of nitrogens with zero attached hydrogens (tertiary/aromatic N) is 2. The summed E-state index contributed by atoms with van der Waals surface area (Å²) in [5, 5.41) is 3.25. The van der Waals surface area contributed by atoms with Gasteiger partial charge in [0.2, 0.25) is 5.91 Å². The number of hydrogen-bond acceptors (Lipinski definition) is 5. The van der Waals surface area contributed by atoms with Crippen LogP contribution in [0.3, 0.4) is 0 Å². The van der Waals surface area contributed by atoms with E-state index in [1.54, 1.807) is 0 Å². The van der Waals surface area contributed by atoms with Crippen molar-refractivity contribution < 1.29 is 14.3 Å². The van der Waals surface area contributed by atoms with Crippen LogP contribution in [-0.2, 0) is 19.7 Å². The van der Waals surface area contributed by atoms with E-state index >= 15 is 0 Å². The van der Waals surface area contributed by atoms with Gasteiger partial charge >= 0.3 is 0 Å². The van der Waals surface area contributed by atoms with E-state index < -0.39 is 10.8 Å². The van der Waals surface area contributed by atoms with Gasteiger partial charge in [-0.05, 0) is 107 Å². The first kappa shape index (κ1) is 26.9. The van der Waals surface area contributed by atoms with Crippen molar-refractivity contribution in [3.05, 3.63) is 29.3 Å². The predicted molar refractivity (Wildman–Crippen MR) is 158 cm³/mol. The van der Waals surface area contributed by atoms with Crippen molar-refractivity contribution in [3.63, 3.8) is 0 Å². The molecular formula is C34H49N3O3. The van der Waals surface area contributed by atoms with Crippen LogP contribution in [0.2, 0.25) is 0 Å². The molecule has 4 saturated heterocycles. The molecular weight excluding hydrogens is 498 g/mol. The second-order valence-corrected chi connectivity index (χ2v) is 14.2. The fraction of sp³-hybridized carbons (Fsp3) is 0.765. The molecule has 4 unspecified atom stereocenters. The van der Waals surface area contributed by atoms with Gasteiger partial charge < -0.3 is 15.0 Å². The maximum Gasteiger partial charge on any atom is 0.227 e. The summed E-state index contributed by atoms with van der Waals surface area (Å²) in [5.74, 6) is 0.821. The van der Waals surface area contributed by atoms with Gasteiger partial charge in [0.25, 0.3) is 0 Å². The average molecular weight is 548 g/mol. The molecule has 1 aromatic carbocycles. The molecule has 4 heterocycles. The lowest BCUT2D eigenvalue weighted by molar-refractivity contribution is -0.163. The predicted octanol–water partition coefficient (Wildman–Crippen LogP) is 5.15. The maximum atomic E-state index is 14.0. The van der Waals surface area contributed by atoms with E-state index in [1.807, 2.05) is 0 Å². The summed E-state index contributed by atoms with van der Waals surface area (Å²) in [6.45, 7) is 10.0. The van der Waals surface area contributed by atoms with Crippen molar-refractivity contribution in [1.29, 1.82) is 0 Å². The molecule has 218 valence electrons. The van der Waals surface area contributed by atoms with Gasteiger partial charge in [-0.15, -0.1) is 0 Å². The molecule has 6 fully saturated rings. The van der Waals surface area contributed by atoms with Crippen LogP contribution in [-0.4, -0.2) is 68.1 Å².